The van der Waals surface area contributed by atoms with E-state index in [2.05, 4.69) is 75.7 Å². The quantitative estimate of drug-likeness (QED) is 0.313. The van der Waals surface area contributed by atoms with Crippen LogP contribution in [-0.2, 0) is 25.7 Å². The third-order valence-electron chi connectivity index (χ3n) is 5.75. The van der Waals surface area contributed by atoms with E-state index < -0.39 is 19.2 Å². The van der Waals surface area contributed by atoms with Gasteiger partial charge in [-0.1, -0.05) is 0 Å². The summed E-state index contributed by atoms with van der Waals surface area (Å²) in [5.74, 6) is 2.02. The van der Waals surface area contributed by atoms with Crippen molar-refractivity contribution in [2.24, 2.45) is 0 Å². The predicted octanol–water partition coefficient (Wildman–Crippen LogP) is 7.49. The SMILES string of the molecule is CCCc1ccc([O][Sn]([CH3])([CH3])[O]c2ccc(CCC)c(CC)c2C)c(C)c1CC. The van der Waals surface area contributed by atoms with Gasteiger partial charge in [-0.2, -0.15) is 0 Å². The second-order valence-corrected chi connectivity index (χ2v) is 17.6. The molecule has 29 heavy (non-hydrogen) atoms. The molecule has 0 saturated heterocycles. The molecule has 0 fully saturated rings. The van der Waals surface area contributed by atoms with E-state index in [0.717, 1.165) is 37.2 Å². The zero-order chi connectivity index (χ0) is 21.6. The number of aryl methyl sites for hydroxylation is 2. The number of hydrogen-bond donors (Lipinski definition) is 0. The Morgan fingerprint density at radius 2 is 1.03 bits per heavy atom. The first-order valence-electron chi connectivity index (χ1n) is 11.4. The van der Waals surface area contributed by atoms with Gasteiger partial charge in [-0.3, -0.25) is 0 Å². The van der Waals surface area contributed by atoms with Crippen LogP contribution in [0.5, 0.6) is 11.5 Å². The van der Waals surface area contributed by atoms with Crippen LogP contribution in [-0.4, -0.2) is 19.2 Å². The summed E-state index contributed by atoms with van der Waals surface area (Å²) in [4.78, 5) is 4.43. The second kappa shape index (κ2) is 10.7. The number of benzene rings is 2. The Morgan fingerprint density at radius 3 is 1.34 bits per heavy atom. The molecule has 160 valence electrons. The molecule has 0 spiro atoms. The van der Waals surface area contributed by atoms with Gasteiger partial charge in [0.1, 0.15) is 0 Å². The van der Waals surface area contributed by atoms with Crippen LogP contribution in [0.1, 0.15) is 73.9 Å². The van der Waals surface area contributed by atoms with E-state index in [1.807, 2.05) is 0 Å². The van der Waals surface area contributed by atoms with Gasteiger partial charge in [0.25, 0.3) is 0 Å². The summed E-state index contributed by atoms with van der Waals surface area (Å²) in [6.45, 7) is 13.4. The van der Waals surface area contributed by atoms with E-state index in [1.165, 1.54) is 46.2 Å². The molecule has 0 aromatic heterocycles. The summed E-state index contributed by atoms with van der Waals surface area (Å²) < 4.78 is 13.2. The Bertz CT molecular complexity index is 756. The van der Waals surface area contributed by atoms with Crippen LogP contribution in [0.25, 0.3) is 0 Å². The molecule has 0 aliphatic rings. The molecule has 0 saturated carbocycles. The maximum atomic E-state index is 6.61. The van der Waals surface area contributed by atoms with Crippen molar-refractivity contribution < 1.29 is 6.15 Å². The van der Waals surface area contributed by atoms with E-state index in [1.54, 1.807) is 0 Å². The Balaban J connectivity index is 2.29. The topological polar surface area (TPSA) is 18.5 Å². The molecule has 2 nitrogen and oxygen atoms in total. The van der Waals surface area contributed by atoms with Crippen LogP contribution >= 0.6 is 0 Å². The molecule has 0 atom stereocenters. The van der Waals surface area contributed by atoms with Crippen molar-refractivity contribution in [3.05, 3.63) is 57.6 Å². The molecule has 0 heterocycles. The molecule has 2 aromatic carbocycles. The molecule has 0 aliphatic carbocycles. The van der Waals surface area contributed by atoms with Gasteiger partial charge in [0, 0.05) is 0 Å². The van der Waals surface area contributed by atoms with Crippen molar-refractivity contribution in [3.8, 4) is 11.5 Å². The molecule has 0 amide bonds. The molecule has 0 unspecified atom stereocenters. The molecule has 0 bridgehead atoms. The average Bonchev–Trinajstić information content (AvgIpc) is 2.67. The van der Waals surface area contributed by atoms with Crippen LogP contribution in [0.4, 0.5) is 0 Å². The third-order valence-corrected chi connectivity index (χ3v) is 9.81. The fourth-order valence-corrected chi connectivity index (χ4v) is 8.75. The van der Waals surface area contributed by atoms with E-state index in [4.69, 9.17) is 6.15 Å². The summed E-state index contributed by atoms with van der Waals surface area (Å²) in [7, 11) is 0. The van der Waals surface area contributed by atoms with Crippen LogP contribution in [0, 0.1) is 13.8 Å². The normalized spacial score (nSPS) is 11.6. The third kappa shape index (κ3) is 5.93. The monoisotopic (exact) mass is 504 g/mol. The first-order valence-corrected chi connectivity index (χ1v) is 19.4. The van der Waals surface area contributed by atoms with Gasteiger partial charge in [-0.25, -0.2) is 0 Å². The van der Waals surface area contributed by atoms with Gasteiger partial charge in [-0.15, -0.1) is 0 Å². The van der Waals surface area contributed by atoms with Crippen LogP contribution < -0.4 is 6.15 Å². The molecule has 3 heteroatoms. The van der Waals surface area contributed by atoms with Crippen LogP contribution in [0.2, 0.25) is 9.88 Å². The van der Waals surface area contributed by atoms with Gasteiger partial charge < -0.3 is 0 Å². The Kier molecular flexibility index (Phi) is 8.93. The van der Waals surface area contributed by atoms with E-state index in [9.17, 15) is 0 Å². The molecular formula is C26H40O2Sn. The fraction of sp³-hybridized carbons (Fsp3) is 0.538. The Morgan fingerprint density at radius 1 is 0.655 bits per heavy atom. The van der Waals surface area contributed by atoms with Gasteiger partial charge in [0.05, 0.1) is 0 Å². The van der Waals surface area contributed by atoms with Crippen molar-refractivity contribution in [1.82, 2.24) is 0 Å². The van der Waals surface area contributed by atoms with E-state index in [-0.39, 0.29) is 0 Å². The minimum absolute atomic E-state index is 1.01. The number of rotatable bonds is 10. The van der Waals surface area contributed by atoms with Gasteiger partial charge >= 0.3 is 184 Å². The zero-order valence-corrected chi connectivity index (χ0v) is 22.7. The summed E-state index contributed by atoms with van der Waals surface area (Å²) in [5.41, 5.74) is 8.39. The first-order chi connectivity index (χ1) is 13.8. The summed E-state index contributed by atoms with van der Waals surface area (Å²) >= 11 is -3.23. The Labute approximate surface area is 184 Å². The first kappa shape index (κ1) is 24.1. The van der Waals surface area contributed by atoms with Crippen LogP contribution in [0.15, 0.2) is 24.3 Å². The van der Waals surface area contributed by atoms with Gasteiger partial charge in [-0.05, 0) is 0 Å². The second-order valence-electron chi connectivity index (χ2n) is 8.46. The maximum absolute atomic E-state index is 6.61. The molecule has 0 N–H and O–H groups in total. The fourth-order valence-electron chi connectivity index (χ4n) is 4.35. The summed E-state index contributed by atoms with van der Waals surface area (Å²) in [6.07, 6.45) is 6.72. The number of hydrogen-bond acceptors (Lipinski definition) is 2. The molecule has 2 rings (SSSR count). The summed E-state index contributed by atoms with van der Waals surface area (Å²) in [6, 6.07) is 8.84. The van der Waals surface area contributed by atoms with Crippen molar-refractivity contribution in [2.75, 3.05) is 0 Å². The van der Waals surface area contributed by atoms with Crippen LogP contribution in [0.3, 0.4) is 0 Å². The Hall–Kier alpha value is -1.16. The molecule has 0 aliphatic heterocycles. The van der Waals surface area contributed by atoms with Gasteiger partial charge in [0.15, 0.2) is 0 Å². The molecular weight excluding hydrogens is 463 g/mol. The molecule has 0 radical (unpaired) electrons. The zero-order valence-electron chi connectivity index (χ0n) is 19.9. The van der Waals surface area contributed by atoms with Crippen molar-refractivity contribution >= 4 is 19.2 Å². The minimum atomic E-state index is -3.23. The van der Waals surface area contributed by atoms with E-state index in [0.29, 0.717) is 0 Å². The van der Waals surface area contributed by atoms with Crippen molar-refractivity contribution in [1.29, 1.82) is 0 Å². The van der Waals surface area contributed by atoms with Gasteiger partial charge in [0.2, 0.25) is 0 Å². The summed E-state index contributed by atoms with van der Waals surface area (Å²) in [5, 5.41) is 0. The van der Waals surface area contributed by atoms with E-state index >= 15 is 0 Å². The predicted molar refractivity (Wildman–Crippen MR) is 128 cm³/mol. The molecule has 2 aromatic rings. The standard InChI is InChI=1S/2C12H18O.2CH3.Sn/c2*1-4-6-10-7-8-12(13)9(3)11(10)5-2;;;/h2*7-8,13H,4-6H2,1-3H3;2*1H3;/q;;;;+2/p-2. The van der Waals surface area contributed by atoms with Crippen molar-refractivity contribution in [2.45, 2.75) is 89.9 Å². The van der Waals surface area contributed by atoms with Crippen molar-refractivity contribution in [3.63, 3.8) is 0 Å². The average molecular weight is 503 g/mol.